The zero-order valence-corrected chi connectivity index (χ0v) is 12.9. The Balaban J connectivity index is 2.02. The van der Waals surface area contributed by atoms with Gasteiger partial charge in [0.2, 0.25) is 10.0 Å². The van der Waals surface area contributed by atoms with Gasteiger partial charge in [0.1, 0.15) is 0 Å². The summed E-state index contributed by atoms with van der Waals surface area (Å²) < 4.78 is 32.3. The maximum Gasteiger partial charge on any atom is 0.240 e. The molecule has 7 heteroatoms. The van der Waals surface area contributed by atoms with Crippen LogP contribution in [0.3, 0.4) is 0 Å². The van der Waals surface area contributed by atoms with Gasteiger partial charge in [-0.3, -0.25) is 0 Å². The van der Waals surface area contributed by atoms with Crippen LogP contribution in [0.4, 0.5) is 5.69 Å². The lowest BCUT2D eigenvalue weighted by atomic mass is 10.2. The summed E-state index contributed by atoms with van der Waals surface area (Å²) in [5.41, 5.74) is 6.81. The second kappa shape index (κ2) is 6.30. The molecule has 0 radical (unpaired) electrons. The van der Waals surface area contributed by atoms with Crippen molar-refractivity contribution in [2.24, 2.45) is 0 Å². The average molecular weight is 319 g/mol. The van der Waals surface area contributed by atoms with Gasteiger partial charge in [-0.05, 0) is 43.9 Å². The number of nitrogen functional groups attached to an aromatic ring is 1. The Bertz CT molecular complexity index is 560. The van der Waals surface area contributed by atoms with Crippen molar-refractivity contribution in [2.45, 2.75) is 37.2 Å². The molecule has 112 valence electrons. The fraction of sp³-hybridized carbons (Fsp3) is 0.538. The molecule has 1 aliphatic rings. The summed E-state index contributed by atoms with van der Waals surface area (Å²) in [5.74, 6) is 0. The second-order valence-corrected chi connectivity index (χ2v) is 7.11. The molecule has 1 unspecified atom stereocenters. The molecule has 1 fully saturated rings. The molecule has 20 heavy (non-hydrogen) atoms. The first-order valence-electron chi connectivity index (χ1n) is 6.57. The van der Waals surface area contributed by atoms with Gasteiger partial charge in [0.05, 0.1) is 11.0 Å². The van der Waals surface area contributed by atoms with E-state index >= 15 is 0 Å². The third-order valence-corrected chi connectivity index (χ3v) is 5.28. The molecule has 5 nitrogen and oxygen atoms in total. The van der Waals surface area contributed by atoms with Crippen LogP contribution in [0.25, 0.3) is 0 Å². The molecule has 3 N–H and O–H groups in total. The predicted octanol–water partition coefficient (Wildman–Crippen LogP) is 2.08. The second-order valence-electron chi connectivity index (χ2n) is 4.94. The van der Waals surface area contributed by atoms with Gasteiger partial charge in [0.25, 0.3) is 0 Å². The van der Waals surface area contributed by atoms with Crippen molar-refractivity contribution in [1.82, 2.24) is 4.72 Å². The fourth-order valence-electron chi connectivity index (χ4n) is 2.14. The standard InChI is InChI=1S/C13H19ClN2O3S/c1-9-12(14)7-11(8-13(9)15)20(17,18)16-5-4-10-3-2-6-19-10/h7-8,10,16H,2-6,15H2,1H3. The van der Waals surface area contributed by atoms with Crippen molar-refractivity contribution in [2.75, 3.05) is 18.9 Å². The summed E-state index contributed by atoms with van der Waals surface area (Å²) >= 11 is 5.97. The number of anilines is 1. The van der Waals surface area contributed by atoms with Gasteiger partial charge < -0.3 is 10.5 Å². The first-order valence-corrected chi connectivity index (χ1v) is 8.43. The molecular weight excluding hydrogens is 300 g/mol. The summed E-state index contributed by atoms with van der Waals surface area (Å²) in [6.07, 6.45) is 2.87. The molecular formula is C13H19ClN2O3S. The lowest BCUT2D eigenvalue weighted by molar-refractivity contribution is 0.105. The first kappa shape index (κ1) is 15.6. The van der Waals surface area contributed by atoms with Gasteiger partial charge in [-0.15, -0.1) is 0 Å². The number of benzene rings is 1. The van der Waals surface area contributed by atoms with E-state index in [4.69, 9.17) is 22.1 Å². The van der Waals surface area contributed by atoms with Crippen LogP contribution in [-0.4, -0.2) is 27.7 Å². The molecule has 0 amide bonds. The Kier molecular flexibility index (Phi) is 4.90. The van der Waals surface area contributed by atoms with Crippen LogP contribution in [-0.2, 0) is 14.8 Å². The van der Waals surface area contributed by atoms with Crippen LogP contribution >= 0.6 is 11.6 Å². The largest absolute Gasteiger partial charge is 0.398 e. The number of hydrogen-bond donors (Lipinski definition) is 2. The van der Waals surface area contributed by atoms with E-state index in [0.29, 0.717) is 29.2 Å². The Hall–Kier alpha value is -0.820. The summed E-state index contributed by atoms with van der Waals surface area (Å²) in [4.78, 5) is 0.0953. The summed E-state index contributed by atoms with van der Waals surface area (Å²) in [7, 11) is -3.58. The minimum Gasteiger partial charge on any atom is -0.398 e. The van der Waals surface area contributed by atoms with E-state index in [0.717, 1.165) is 19.4 Å². The van der Waals surface area contributed by atoms with E-state index in [1.54, 1.807) is 6.92 Å². The Morgan fingerprint density at radius 3 is 2.85 bits per heavy atom. The highest BCUT2D eigenvalue weighted by molar-refractivity contribution is 7.89. The number of ether oxygens (including phenoxy) is 1. The van der Waals surface area contributed by atoms with Gasteiger partial charge in [0, 0.05) is 23.9 Å². The maximum atomic E-state index is 12.2. The van der Waals surface area contributed by atoms with E-state index in [9.17, 15) is 8.42 Å². The monoisotopic (exact) mass is 318 g/mol. The molecule has 1 aromatic rings. The van der Waals surface area contributed by atoms with Crippen molar-refractivity contribution < 1.29 is 13.2 Å². The van der Waals surface area contributed by atoms with E-state index in [-0.39, 0.29) is 11.0 Å². The molecule has 0 aliphatic carbocycles. The van der Waals surface area contributed by atoms with E-state index in [2.05, 4.69) is 4.72 Å². The lowest BCUT2D eigenvalue weighted by Crippen LogP contribution is -2.27. The first-order chi connectivity index (χ1) is 9.40. The van der Waals surface area contributed by atoms with Gasteiger partial charge in [-0.2, -0.15) is 0 Å². The smallest absolute Gasteiger partial charge is 0.240 e. The summed E-state index contributed by atoms with van der Waals surface area (Å²) in [6, 6.07) is 2.84. The number of hydrogen-bond acceptors (Lipinski definition) is 4. The van der Waals surface area contributed by atoms with Crippen LogP contribution in [0, 0.1) is 6.92 Å². The van der Waals surface area contributed by atoms with Crippen molar-refractivity contribution in [3.05, 3.63) is 22.7 Å². The number of nitrogens with one attached hydrogen (secondary N) is 1. The SMILES string of the molecule is Cc1c(N)cc(S(=O)(=O)NCCC2CCCO2)cc1Cl. The number of halogens is 1. The van der Waals surface area contributed by atoms with Crippen molar-refractivity contribution in [1.29, 1.82) is 0 Å². The molecule has 1 atom stereocenters. The minimum atomic E-state index is -3.58. The maximum absolute atomic E-state index is 12.2. The third-order valence-electron chi connectivity index (χ3n) is 3.45. The molecule has 2 rings (SSSR count). The van der Waals surface area contributed by atoms with Gasteiger partial charge in [-0.25, -0.2) is 13.1 Å². The fourth-order valence-corrected chi connectivity index (χ4v) is 3.54. The van der Waals surface area contributed by atoms with E-state index in [1.165, 1.54) is 12.1 Å². The predicted molar refractivity (Wildman–Crippen MR) is 79.4 cm³/mol. The highest BCUT2D eigenvalue weighted by atomic mass is 35.5. The Labute approximate surface area is 124 Å². The Morgan fingerprint density at radius 1 is 1.50 bits per heavy atom. The zero-order valence-electron chi connectivity index (χ0n) is 11.4. The van der Waals surface area contributed by atoms with Crippen molar-refractivity contribution >= 4 is 27.3 Å². The number of rotatable bonds is 5. The van der Waals surface area contributed by atoms with Crippen LogP contribution in [0.2, 0.25) is 5.02 Å². The normalized spacial score (nSPS) is 19.4. The summed E-state index contributed by atoms with van der Waals surface area (Å²) in [5, 5.41) is 0.351. The quantitative estimate of drug-likeness (QED) is 0.814. The number of nitrogens with two attached hydrogens (primary N) is 1. The molecule has 0 spiro atoms. The highest BCUT2D eigenvalue weighted by Gasteiger charge is 2.19. The van der Waals surface area contributed by atoms with Gasteiger partial charge in [0.15, 0.2) is 0 Å². The van der Waals surface area contributed by atoms with Gasteiger partial charge >= 0.3 is 0 Å². The molecule has 1 saturated heterocycles. The molecule has 0 bridgehead atoms. The van der Waals surface area contributed by atoms with E-state index < -0.39 is 10.0 Å². The van der Waals surface area contributed by atoms with Crippen LogP contribution in [0.15, 0.2) is 17.0 Å². The zero-order chi connectivity index (χ0) is 14.8. The Morgan fingerprint density at radius 2 is 2.25 bits per heavy atom. The molecule has 1 aliphatic heterocycles. The number of sulfonamides is 1. The average Bonchev–Trinajstić information content (AvgIpc) is 2.88. The minimum absolute atomic E-state index is 0.0953. The molecule has 1 heterocycles. The molecule has 0 aromatic heterocycles. The van der Waals surface area contributed by atoms with Crippen LogP contribution in [0.5, 0.6) is 0 Å². The van der Waals surface area contributed by atoms with Gasteiger partial charge in [-0.1, -0.05) is 11.6 Å². The molecule has 0 saturated carbocycles. The molecule has 1 aromatic carbocycles. The third kappa shape index (κ3) is 3.63. The van der Waals surface area contributed by atoms with Crippen molar-refractivity contribution in [3.8, 4) is 0 Å². The van der Waals surface area contributed by atoms with Crippen molar-refractivity contribution in [3.63, 3.8) is 0 Å². The summed E-state index contributed by atoms with van der Waals surface area (Å²) in [6.45, 7) is 2.86. The lowest BCUT2D eigenvalue weighted by Gasteiger charge is -2.12. The van der Waals surface area contributed by atoms with Crippen LogP contribution in [0.1, 0.15) is 24.8 Å². The highest BCUT2D eigenvalue weighted by Crippen LogP contribution is 2.25. The van der Waals surface area contributed by atoms with Crippen LogP contribution < -0.4 is 10.5 Å². The van der Waals surface area contributed by atoms with E-state index in [1.807, 2.05) is 0 Å². The topological polar surface area (TPSA) is 81.4 Å².